The number of likely N-dealkylation sites (tertiary alicyclic amines) is 1. The van der Waals surface area contributed by atoms with Crippen LogP contribution in [-0.4, -0.2) is 48.9 Å². The van der Waals surface area contributed by atoms with Crippen molar-refractivity contribution in [1.82, 2.24) is 10.2 Å². The maximum atomic E-state index is 10.8. The van der Waals surface area contributed by atoms with E-state index in [0.717, 1.165) is 38.1 Å². The number of nitrogens with zero attached hydrogens (tertiary/aromatic N) is 1. The predicted octanol–water partition coefficient (Wildman–Crippen LogP) is 2.07. The number of hydrogen-bond acceptors (Lipinski definition) is 3. The summed E-state index contributed by atoms with van der Waals surface area (Å²) in [5.74, 6) is 1.48. The Balaban J connectivity index is 1.81. The molecule has 0 spiro atoms. The van der Waals surface area contributed by atoms with E-state index in [1.54, 1.807) is 0 Å². The smallest absolute Gasteiger partial charge is 0.405 e. The van der Waals surface area contributed by atoms with E-state index in [9.17, 15) is 4.79 Å². The van der Waals surface area contributed by atoms with Gasteiger partial charge in [0, 0.05) is 0 Å². The molecule has 3 rings (SSSR count). The van der Waals surface area contributed by atoms with Crippen LogP contribution in [0.15, 0.2) is 18.2 Å². The van der Waals surface area contributed by atoms with Gasteiger partial charge in [-0.1, -0.05) is 12.1 Å². The van der Waals surface area contributed by atoms with Crippen LogP contribution >= 0.6 is 0 Å². The van der Waals surface area contributed by atoms with Gasteiger partial charge in [0.1, 0.15) is 12.4 Å². The highest BCUT2D eigenvalue weighted by atomic mass is 16.5. The van der Waals surface area contributed by atoms with Gasteiger partial charge in [-0.3, -0.25) is 0 Å². The lowest BCUT2D eigenvalue weighted by atomic mass is 9.84. The topological polar surface area (TPSA) is 61.8 Å². The van der Waals surface area contributed by atoms with E-state index in [1.165, 1.54) is 11.1 Å². The Morgan fingerprint density at radius 1 is 1.38 bits per heavy atom. The molecule has 2 N–H and O–H groups in total. The molecular formula is C16H22N2O3. The number of carboxylic acid groups (broad SMARTS) is 1. The van der Waals surface area contributed by atoms with Gasteiger partial charge >= 0.3 is 6.09 Å². The van der Waals surface area contributed by atoms with Crippen molar-refractivity contribution in [2.24, 2.45) is 0 Å². The van der Waals surface area contributed by atoms with E-state index in [4.69, 9.17) is 9.84 Å². The van der Waals surface area contributed by atoms with Gasteiger partial charge in [0.2, 0.25) is 0 Å². The molecule has 114 valence electrons. The number of fused-ring (bicyclic) bond motifs is 1. The lowest BCUT2D eigenvalue weighted by Gasteiger charge is -2.33. The summed E-state index contributed by atoms with van der Waals surface area (Å²) in [5, 5.41) is 11.4. The summed E-state index contributed by atoms with van der Waals surface area (Å²) in [4.78, 5) is 13.2. The first kappa shape index (κ1) is 14.2. The molecule has 5 heteroatoms. The Morgan fingerprint density at radius 3 is 2.86 bits per heavy atom. The van der Waals surface area contributed by atoms with Gasteiger partial charge in [-0.2, -0.15) is 0 Å². The van der Waals surface area contributed by atoms with Crippen LogP contribution in [0.4, 0.5) is 4.79 Å². The van der Waals surface area contributed by atoms with Crippen molar-refractivity contribution in [3.63, 3.8) is 0 Å². The average Bonchev–Trinajstić information content (AvgIpc) is 2.47. The monoisotopic (exact) mass is 290 g/mol. The molecule has 1 saturated heterocycles. The molecule has 0 unspecified atom stereocenters. The summed E-state index contributed by atoms with van der Waals surface area (Å²) in [7, 11) is 2.16. The first-order valence-corrected chi connectivity index (χ1v) is 7.56. The first-order chi connectivity index (χ1) is 10.1. The molecule has 1 amide bonds. The molecule has 21 heavy (non-hydrogen) atoms. The highest BCUT2D eigenvalue weighted by Gasteiger charge is 2.27. The molecule has 1 atom stereocenters. The van der Waals surface area contributed by atoms with E-state index in [1.807, 2.05) is 6.07 Å². The third-order valence-electron chi connectivity index (χ3n) is 4.55. The number of hydrogen-bond donors (Lipinski definition) is 2. The number of piperidine rings is 1. The molecule has 1 aromatic rings. The second-order valence-electron chi connectivity index (χ2n) is 6.06. The summed E-state index contributed by atoms with van der Waals surface area (Å²) in [5.41, 5.74) is 2.54. The molecule has 1 aromatic carbocycles. The zero-order valence-electron chi connectivity index (χ0n) is 12.3. The fourth-order valence-electron chi connectivity index (χ4n) is 3.40. The third kappa shape index (κ3) is 3.13. The van der Waals surface area contributed by atoms with E-state index >= 15 is 0 Å². The number of nitrogens with one attached hydrogen (secondary N) is 1. The van der Waals surface area contributed by atoms with E-state index in [0.29, 0.717) is 12.5 Å². The maximum absolute atomic E-state index is 10.8. The number of benzene rings is 1. The Morgan fingerprint density at radius 2 is 2.14 bits per heavy atom. The molecule has 0 aliphatic carbocycles. The fraction of sp³-hybridized carbons (Fsp3) is 0.562. The van der Waals surface area contributed by atoms with Crippen molar-refractivity contribution in [1.29, 1.82) is 0 Å². The average molecular weight is 290 g/mol. The molecule has 5 nitrogen and oxygen atoms in total. The largest absolute Gasteiger partial charge is 0.491 e. The van der Waals surface area contributed by atoms with E-state index in [2.05, 4.69) is 29.4 Å². The number of rotatable bonds is 2. The third-order valence-corrected chi connectivity index (χ3v) is 4.55. The summed E-state index contributed by atoms with van der Waals surface area (Å²) in [6.07, 6.45) is 2.06. The predicted molar refractivity (Wildman–Crippen MR) is 80.1 cm³/mol. The standard InChI is InChI=1S/C16H22N2O3/c1-18-7-5-11(6-8-18)13-3-2-4-15-14(13)9-12(10-21-15)17-16(19)20/h2-4,11-12,17H,5-10H2,1H3,(H,19,20)/t12-/m0/s1. The minimum absolute atomic E-state index is 0.151. The van der Waals surface area contributed by atoms with Crippen molar-refractivity contribution in [3.05, 3.63) is 29.3 Å². The number of ether oxygens (including phenoxy) is 1. The lowest BCUT2D eigenvalue weighted by molar-refractivity contribution is 0.176. The quantitative estimate of drug-likeness (QED) is 0.875. The molecule has 0 bridgehead atoms. The second-order valence-corrected chi connectivity index (χ2v) is 6.06. The number of amides is 1. The van der Waals surface area contributed by atoms with Crippen LogP contribution in [0.1, 0.15) is 29.9 Å². The SMILES string of the molecule is CN1CCC(c2cccc3c2C[C@H](NC(=O)O)CO3)CC1. The molecule has 0 aromatic heterocycles. The normalized spacial score (nSPS) is 23.2. The van der Waals surface area contributed by atoms with Crippen molar-refractivity contribution in [3.8, 4) is 5.75 Å². The van der Waals surface area contributed by atoms with E-state index in [-0.39, 0.29) is 6.04 Å². The molecule has 2 aliphatic rings. The van der Waals surface area contributed by atoms with Crippen molar-refractivity contribution >= 4 is 6.09 Å². The van der Waals surface area contributed by atoms with Crippen LogP contribution in [0.5, 0.6) is 5.75 Å². The highest BCUT2D eigenvalue weighted by molar-refractivity contribution is 5.65. The molecule has 0 saturated carbocycles. The lowest BCUT2D eigenvalue weighted by Crippen LogP contribution is -2.42. The van der Waals surface area contributed by atoms with Crippen LogP contribution < -0.4 is 10.1 Å². The van der Waals surface area contributed by atoms with Crippen LogP contribution in [0.3, 0.4) is 0 Å². The van der Waals surface area contributed by atoms with E-state index < -0.39 is 6.09 Å². The van der Waals surface area contributed by atoms with Gasteiger partial charge in [0.15, 0.2) is 0 Å². The van der Waals surface area contributed by atoms with Crippen molar-refractivity contribution < 1.29 is 14.6 Å². The molecule has 1 fully saturated rings. The summed E-state index contributed by atoms with van der Waals surface area (Å²) < 4.78 is 5.75. The fourth-order valence-corrected chi connectivity index (χ4v) is 3.40. The summed E-state index contributed by atoms with van der Waals surface area (Å²) in [6, 6.07) is 6.08. The Hall–Kier alpha value is -1.75. The molecule has 2 aliphatic heterocycles. The van der Waals surface area contributed by atoms with Gasteiger partial charge in [0.25, 0.3) is 0 Å². The first-order valence-electron chi connectivity index (χ1n) is 7.56. The van der Waals surface area contributed by atoms with Gasteiger partial charge in [-0.05, 0) is 62.5 Å². The Bertz CT molecular complexity index is 524. The second kappa shape index (κ2) is 5.93. The molecular weight excluding hydrogens is 268 g/mol. The van der Waals surface area contributed by atoms with Crippen molar-refractivity contribution in [2.45, 2.75) is 31.2 Å². The van der Waals surface area contributed by atoms with Gasteiger partial charge in [-0.15, -0.1) is 0 Å². The van der Waals surface area contributed by atoms with Crippen LogP contribution in [0, 0.1) is 0 Å². The Labute approximate surface area is 124 Å². The minimum Gasteiger partial charge on any atom is -0.491 e. The van der Waals surface area contributed by atoms with Crippen molar-refractivity contribution in [2.75, 3.05) is 26.7 Å². The zero-order chi connectivity index (χ0) is 14.8. The maximum Gasteiger partial charge on any atom is 0.405 e. The number of carbonyl (C=O) groups is 1. The molecule has 2 heterocycles. The van der Waals surface area contributed by atoms with Crippen LogP contribution in [-0.2, 0) is 6.42 Å². The van der Waals surface area contributed by atoms with Gasteiger partial charge in [0.05, 0.1) is 6.04 Å². The minimum atomic E-state index is -0.983. The van der Waals surface area contributed by atoms with Gasteiger partial charge in [-0.25, -0.2) is 4.79 Å². The van der Waals surface area contributed by atoms with Crippen LogP contribution in [0.25, 0.3) is 0 Å². The summed E-state index contributed by atoms with van der Waals surface area (Å²) >= 11 is 0. The van der Waals surface area contributed by atoms with Crippen LogP contribution in [0.2, 0.25) is 0 Å². The van der Waals surface area contributed by atoms with Gasteiger partial charge < -0.3 is 20.1 Å². The Kier molecular flexibility index (Phi) is 4.01. The highest BCUT2D eigenvalue weighted by Crippen LogP contribution is 2.36. The zero-order valence-corrected chi connectivity index (χ0v) is 12.3. The molecule has 0 radical (unpaired) electrons. The summed E-state index contributed by atoms with van der Waals surface area (Å²) in [6.45, 7) is 2.65.